The number of benzene rings is 1. The number of carbonyl (C=O) groups is 2. The zero-order valence-corrected chi connectivity index (χ0v) is 15.8. The Labute approximate surface area is 160 Å². The maximum atomic E-state index is 13.0. The highest BCUT2D eigenvalue weighted by molar-refractivity contribution is 6.03. The van der Waals surface area contributed by atoms with E-state index in [0.717, 1.165) is 19.3 Å². The fourth-order valence-electron chi connectivity index (χ4n) is 3.38. The quantitative estimate of drug-likeness (QED) is 0.840. The molecule has 1 aromatic heterocycles. The number of rotatable bonds is 6. The normalized spacial score (nSPS) is 13.1. The second-order valence-electron chi connectivity index (χ2n) is 6.45. The lowest BCUT2D eigenvalue weighted by atomic mass is 9.94. The first-order valence-electron chi connectivity index (χ1n) is 8.80. The summed E-state index contributed by atoms with van der Waals surface area (Å²) in [6, 6.07) is 10.0. The lowest BCUT2D eigenvalue weighted by molar-refractivity contribution is 0.0726. The zero-order chi connectivity index (χ0) is 17.8. The molecule has 0 spiro atoms. The van der Waals surface area contributed by atoms with Gasteiger partial charge in [-0.05, 0) is 25.3 Å². The van der Waals surface area contributed by atoms with Gasteiger partial charge in [-0.2, -0.15) is 0 Å². The minimum Gasteiger partial charge on any atom is -0.455 e. The Bertz CT molecular complexity index is 771. The van der Waals surface area contributed by atoms with E-state index in [4.69, 9.17) is 10.2 Å². The standard InChI is InChI=1S/C20H24N2O3.ClH/c1-14-18-16(23)8-5-9-17(18)25-19(14)20(24)22(13-11-21)12-10-15-6-3-2-4-7-15;/h2-4,6-7H,5,8-13,21H2,1H3;1H. The molecule has 1 heterocycles. The minimum atomic E-state index is -0.180. The van der Waals surface area contributed by atoms with Crippen LogP contribution in [-0.4, -0.2) is 36.2 Å². The van der Waals surface area contributed by atoms with Crippen LogP contribution in [0.15, 0.2) is 34.7 Å². The van der Waals surface area contributed by atoms with Gasteiger partial charge in [-0.3, -0.25) is 9.59 Å². The van der Waals surface area contributed by atoms with Gasteiger partial charge in [-0.1, -0.05) is 30.3 Å². The molecule has 0 fully saturated rings. The van der Waals surface area contributed by atoms with Crippen LogP contribution in [0.4, 0.5) is 0 Å². The molecule has 1 amide bonds. The highest BCUT2D eigenvalue weighted by Crippen LogP contribution is 2.30. The molecule has 1 aliphatic carbocycles. The number of halogens is 1. The van der Waals surface area contributed by atoms with Crippen molar-refractivity contribution in [2.75, 3.05) is 19.6 Å². The average molecular weight is 377 g/mol. The lowest BCUT2D eigenvalue weighted by Crippen LogP contribution is -2.37. The SMILES string of the molecule is Cc1c(C(=O)N(CCN)CCc2ccccc2)oc2c1C(=O)CCC2.Cl. The van der Waals surface area contributed by atoms with Crippen LogP contribution in [0, 0.1) is 6.92 Å². The monoisotopic (exact) mass is 376 g/mol. The summed E-state index contributed by atoms with van der Waals surface area (Å²) >= 11 is 0. The number of nitrogens with two attached hydrogens (primary N) is 1. The van der Waals surface area contributed by atoms with E-state index in [1.165, 1.54) is 5.56 Å². The molecule has 2 N–H and O–H groups in total. The number of carbonyl (C=O) groups excluding carboxylic acids is 2. The maximum Gasteiger partial charge on any atom is 0.289 e. The second kappa shape index (κ2) is 9.01. The van der Waals surface area contributed by atoms with Crippen LogP contribution in [0.5, 0.6) is 0 Å². The topological polar surface area (TPSA) is 76.5 Å². The van der Waals surface area contributed by atoms with E-state index in [1.54, 1.807) is 11.8 Å². The van der Waals surface area contributed by atoms with Crippen molar-refractivity contribution in [2.24, 2.45) is 5.73 Å². The van der Waals surface area contributed by atoms with Crippen LogP contribution in [0.3, 0.4) is 0 Å². The highest BCUT2D eigenvalue weighted by atomic mass is 35.5. The fourth-order valence-corrected chi connectivity index (χ4v) is 3.38. The predicted molar refractivity (Wildman–Crippen MR) is 103 cm³/mol. The van der Waals surface area contributed by atoms with Gasteiger partial charge in [0.1, 0.15) is 5.76 Å². The molecule has 0 atom stereocenters. The number of ketones is 1. The molecule has 3 rings (SSSR count). The van der Waals surface area contributed by atoms with E-state index in [2.05, 4.69) is 0 Å². The summed E-state index contributed by atoms with van der Waals surface area (Å²) in [6.45, 7) is 3.22. The van der Waals surface area contributed by atoms with Crippen molar-refractivity contribution >= 4 is 24.1 Å². The third-order valence-electron chi connectivity index (χ3n) is 4.70. The van der Waals surface area contributed by atoms with Gasteiger partial charge in [0, 0.05) is 38.0 Å². The highest BCUT2D eigenvalue weighted by Gasteiger charge is 2.30. The first kappa shape index (κ1) is 20.2. The molecule has 0 unspecified atom stereocenters. The summed E-state index contributed by atoms with van der Waals surface area (Å²) in [6.07, 6.45) is 2.79. The summed E-state index contributed by atoms with van der Waals surface area (Å²) < 4.78 is 5.80. The van der Waals surface area contributed by atoms with Crippen molar-refractivity contribution in [3.8, 4) is 0 Å². The van der Waals surface area contributed by atoms with Crippen LogP contribution in [0.25, 0.3) is 0 Å². The fraction of sp³-hybridized carbons (Fsp3) is 0.400. The summed E-state index contributed by atoms with van der Waals surface area (Å²) in [5.41, 5.74) is 8.15. The molecule has 0 aliphatic heterocycles. The van der Waals surface area contributed by atoms with Gasteiger partial charge < -0.3 is 15.1 Å². The smallest absolute Gasteiger partial charge is 0.289 e. The molecular formula is C20H25ClN2O3. The van der Waals surface area contributed by atoms with Crippen LogP contribution in [0.2, 0.25) is 0 Å². The van der Waals surface area contributed by atoms with Crippen molar-refractivity contribution in [2.45, 2.75) is 32.6 Å². The van der Waals surface area contributed by atoms with Crippen molar-refractivity contribution < 1.29 is 14.0 Å². The van der Waals surface area contributed by atoms with Crippen LogP contribution >= 0.6 is 12.4 Å². The Morgan fingerprint density at radius 2 is 1.92 bits per heavy atom. The second-order valence-corrected chi connectivity index (χ2v) is 6.45. The van der Waals surface area contributed by atoms with Gasteiger partial charge in [-0.15, -0.1) is 12.4 Å². The molecule has 2 aromatic rings. The average Bonchev–Trinajstić information content (AvgIpc) is 2.97. The number of furan rings is 1. The third-order valence-corrected chi connectivity index (χ3v) is 4.70. The van der Waals surface area contributed by atoms with Gasteiger partial charge in [0.25, 0.3) is 5.91 Å². The third kappa shape index (κ3) is 4.17. The summed E-state index contributed by atoms with van der Waals surface area (Å²) in [7, 11) is 0. The molecule has 1 aromatic carbocycles. The van der Waals surface area contributed by atoms with E-state index in [-0.39, 0.29) is 24.1 Å². The van der Waals surface area contributed by atoms with Crippen molar-refractivity contribution in [1.29, 1.82) is 0 Å². The Morgan fingerprint density at radius 1 is 1.19 bits per heavy atom. The zero-order valence-electron chi connectivity index (χ0n) is 15.0. The molecule has 0 saturated heterocycles. The van der Waals surface area contributed by atoms with Crippen molar-refractivity contribution in [3.05, 3.63) is 58.5 Å². The van der Waals surface area contributed by atoms with Gasteiger partial charge in [0.05, 0.1) is 5.56 Å². The molecule has 6 heteroatoms. The maximum absolute atomic E-state index is 13.0. The number of fused-ring (bicyclic) bond motifs is 1. The Balaban J connectivity index is 0.00000243. The van der Waals surface area contributed by atoms with Gasteiger partial charge >= 0.3 is 0 Å². The lowest BCUT2D eigenvalue weighted by Gasteiger charge is -2.21. The molecule has 0 saturated carbocycles. The number of Topliss-reactive ketones (excluding diaryl/α,β-unsaturated/α-hetero) is 1. The van der Waals surface area contributed by atoms with Gasteiger partial charge in [0.2, 0.25) is 0 Å². The van der Waals surface area contributed by atoms with E-state index >= 15 is 0 Å². The van der Waals surface area contributed by atoms with E-state index in [9.17, 15) is 9.59 Å². The first-order chi connectivity index (χ1) is 12.1. The molecule has 140 valence electrons. The summed E-state index contributed by atoms with van der Waals surface area (Å²) in [5, 5.41) is 0. The van der Waals surface area contributed by atoms with Crippen LogP contribution in [-0.2, 0) is 12.8 Å². The number of amides is 1. The molecule has 26 heavy (non-hydrogen) atoms. The molecular weight excluding hydrogens is 352 g/mol. The van der Waals surface area contributed by atoms with E-state index in [1.807, 2.05) is 30.3 Å². The Morgan fingerprint density at radius 3 is 2.58 bits per heavy atom. The minimum absolute atomic E-state index is 0. The Kier molecular flexibility index (Phi) is 7.00. The summed E-state index contributed by atoms with van der Waals surface area (Å²) in [5.74, 6) is 0.854. The Hall–Kier alpha value is -2.11. The van der Waals surface area contributed by atoms with E-state index in [0.29, 0.717) is 48.7 Å². The summed E-state index contributed by atoms with van der Waals surface area (Å²) in [4.78, 5) is 26.8. The largest absolute Gasteiger partial charge is 0.455 e. The predicted octanol–water partition coefficient (Wildman–Crippen LogP) is 3.17. The van der Waals surface area contributed by atoms with Crippen LogP contribution in [0.1, 0.15) is 50.6 Å². The van der Waals surface area contributed by atoms with Crippen molar-refractivity contribution in [3.63, 3.8) is 0 Å². The molecule has 0 radical (unpaired) electrons. The number of aryl methyl sites for hydroxylation is 1. The van der Waals surface area contributed by atoms with E-state index < -0.39 is 0 Å². The molecule has 5 nitrogen and oxygen atoms in total. The van der Waals surface area contributed by atoms with Gasteiger partial charge in [-0.25, -0.2) is 0 Å². The number of nitrogens with zero attached hydrogens (tertiary/aromatic N) is 1. The van der Waals surface area contributed by atoms with Crippen molar-refractivity contribution in [1.82, 2.24) is 4.90 Å². The number of hydrogen-bond donors (Lipinski definition) is 1. The number of hydrogen-bond acceptors (Lipinski definition) is 4. The molecule has 1 aliphatic rings. The van der Waals surface area contributed by atoms with Gasteiger partial charge in [0.15, 0.2) is 11.5 Å². The first-order valence-corrected chi connectivity index (χ1v) is 8.80. The van der Waals surface area contributed by atoms with Crippen LogP contribution < -0.4 is 5.73 Å². The molecule has 0 bridgehead atoms.